The Bertz CT molecular complexity index is 911. The van der Waals surface area contributed by atoms with E-state index in [1.165, 1.54) is 0 Å². The number of amides is 1. The van der Waals surface area contributed by atoms with Crippen LogP contribution in [0.4, 0.5) is 0 Å². The molecule has 0 spiro atoms. The van der Waals surface area contributed by atoms with E-state index in [9.17, 15) is 4.79 Å². The van der Waals surface area contributed by atoms with Crippen LogP contribution in [0, 0.1) is 0 Å². The Balaban J connectivity index is 1.72. The van der Waals surface area contributed by atoms with Crippen LogP contribution in [-0.4, -0.2) is 26.7 Å². The van der Waals surface area contributed by atoms with E-state index in [1.807, 2.05) is 60.7 Å². The zero-order valence-electron chi connectivity index (χ0n) is 15.9. The molecule has 0 aliphatic heterocycles. The van der Waals surface area contributed by atoms with Crippen molar-refractivity contribution in [3.05, 3.63) is 90.0 Å². The van der Waals surface area contributed by atoms with Crippen molar-refractivity contribution < 1.29 is 19.0 Å². The van der Waals surface area contributed by atoms with Gasteiger partial charge in [-0.25, -0.2) is 0 Å². The summed E-state index contributed by atoms with van der Waals surface area (Å²) >= 11 is 0. The number of benzene rings is 3. The van der Waals surface area contributed by atoms with E-state index in [4.69, 9.17) is 14.2 Å². The van der Waals surface area contributed by atoms with Gasteiger partial charge in [-0.2, -0.15) is 0 Å². The Morgan fingerprint density at radius 3 is 2.21 bits per heavy atom. The van der Waals surface area contributed by atoms with Crippen LogP contribution in [0.2, 0.25) is 0 Å². The Kier molecular flexibility index (Phi) is 6.65. The first-order chi connectivity index (χ1) is 13.7. The van der Waals surface area contributed by atoms with Gasteiger partial charge in [0.25, 0.3) is 5.91 Å². The summed E-state index contributed by atoms with van der Waals surface area (Å²) in [4.78, 5) is 12.8. The predicted octanol–water partition coefficient (Wildman–Crippen LogP) is 4.61. The van der Waals surface area contributed by atoms with E-state index in [0.717, 1.165) is 11.3 Å². The molecular weight excluding hydrogens is 354 g/mol. The molecule has 0 saturated heterocycles. The molecule has 0 bridgehead atoms. The van der Waals surface area contributed by atoms with Gasteiger partial charge in [0.15, 0.2) is 0 Å². The van der Waals surface area contributed by atoms with Gasteiger partial charge in [-0.3, -0.25) is 4.79 Å². The Morgan fingerprint density at radius 1 is 0.857 bits per heavy atom. The zero-order valence-corrected chi connectivity index (χ0v) is 15.9. The van der Waals surface area contributed by atoms with Crippen molar-refractivity contribution in [2.24, 2.45) is 0 Å². The Morgan fingerprint density at radius 2 is 1.50 bits per heavy atom. The van der Waals surface area contributed by atoms with Gasteiger partial charge in [-0.05, 0) is 30.3 Å². The molecule has 0 fully saturated rings. The van der Waals surface area contributed by atoms with Gasteiger partial charge in [0.1, 0.15) is 23.4 Å². The standard InChI is InChI=1S/C23H23NO4/c1-26-20-14-8-6-12-18(20)22(27-2)16-24-23(25)19-13-7-9-15-21(19)28-17-10-4-3-5-11-17/h3-15,22H,16H2,1-2H3,(H,24,25). The Labute approximate surface area is 164 Å². The molecule has 3 aromatic carbocycles. The summed E-state index contributed by atoms with van der Waals surface area (Å²) in [5.74, 6) is 1.66. The predicted molar refractivity (Wildman–Crippen MR) is 108 cm³/mol. The third kappa shape index (κ3) is 4.69. The average Bonchev–Trinajstić information content (AvgIpc) is 2.75. The molecule has 0 aromatic heterocycles. The number of rotatable bonds is 8. The van der Waals surface area contributed by atoms with Gasteiger partial charge in [-0.1, -0.05) is 48.5 Å². The van der Waals surface area contributed by atoms with Gasteiger partial charge in [0.2, 0.25) is 0 Å². The number of methoxy groups -OCH3 is 2. The molecule has 0 aliphatic carbocycles. The molecule has 0 radical (unpaired) electrons. The smallest absolute Gasteiger partial charge is 0.255 e. The number of nitrogens with one attached hydrogen (secondary N) is 1. The first kappa shape index (κ1) is 19.5. The number of hydrogen-bond acceptors (Lipinski definition) is 4. The molecule has 1 N–H and O–H groups in total. The first-order valence-electron chi connectivity index (χ1n) is 8.98. The van der Waals surface area contributed by atoms with Crippen LogP contribution in [0.1, 0.15) is 22.0 Å². The fourth-order valence-electron chi connectivity index (χ4n) is 2.89. The lowest BCUT2D eigenvalue weighted by molar-refractivity contribution is 0.0817. The summed E-state index contributed by atoms with van der Waals surface area (Å²) < 4.78 is 16.8. The highest BCUT2D eigenvalue weighted by Crippen LogP contribution is 2.27. The lowest BCUT2D eigenvalue weighted by Crippen LogP contribution is -2.29. The maximum absolute atomic E-state index is 12.8. The fraction of sp³-hybridized carbons (Fsp3) is 0.174. The summed E-state index contributed by atoms with van der Waals surface area (Å²) in [5, 5.41) is 2.93. The van der Waals surface area contributed by atoms with Crippen LogP contribution in [0.15, 0.2) is 78.9 Å². The second-order valence-electron chi connectivity index (χ2n) is 6.09. The molecule has 0 heterocycles. The maximum atomic E-state index is 12.8. The zero-order chi connectivity index (χ0) is 19.8. The Hall–Kier alpha value is -3.31. The van der Waals surface area contributed by atoms with E-state index in [0.29, 0.717) is 23.6 Å². The molecule has 1 amide bonds. The highest BCUT2D eigenvalue weighted by Gasteiger charge is 2.18. The minimum atomic E-state index is -0.331. The number of para-hydroxylation sites is 3. The molecule has 5 nitrogen and oxygen atoms in total. The van der Waals surface area contributed by atoms with E-state index in [1.54, 1.807) is 32.4 Å². The van der Waals surface area contributed by atoms with Crippen LogP contribution < -0.4 is 14.8 Å². The van der Waals surface area contributed by atoms with Crippen LogP contribution >= 0.6 is 0 Å². The van der Waals surface area contributed by atoms with Crippen LogP contribution in [0.25, 0.3) is 0 Å². The third-order valence-electron chi connectivity index (χ3n) is 4.32. The van der Waals surface area contributed by atoms with Crippen molar-refractivity contribution in [3.63, 3.8) is 0 Å². The largest absolute Gasteiger partial charge is 0.496 e. The minimum Gasteiger partial charge on any atom is -0.496 e. The lowest BCUT2D eigenvalue weighted by Gasteiger charge is -2.19. The fourth-order valence-corrected chi connectivity index (χ4v) is 2.89. The van der Waals surface area contributed by atoms with Crippen LogP contribution in [0.3, 0.4) is 0 Å². The summed E-state index contributed by atoms with van der Waals surface area (Å²) in [5.41, 5.74) is 1.34. The van der Waals surface area contributed by atoms with Crippen molar-refractivity contribution >= 4 is 5.91 Å². The number of hydrogen-bond donors (Lipinski definition) is 1. The van der Waals surface area contributed by atoms with Crippen molar-refractivity contribution in [2.45, 2.75) is 6.10 Å². The molecule has 144 valence electrons. The van der Waals surface area contributed by atoms with Crippen molar-refractivity contribution in [3.8, 4) is 17.2 Å². The van der Waals surface area contributed by atoms with Crippen LogP contribution in [-0.2, 0) is 4.74 Å². The molecule has 5 heteroatoms. The van der Waals surface area contributed by atoms with Gasteiger partial charge >= 0.3 is 0 Å². The normalized spacial score (nSPS) is 11.5. The molecule has 3 rings (SSSR count). The second kappa shape index (κ2) is 9.58. The number of carbonyl (C=O) groups excluding carboxylic acids is 1. The highest BCUT2D eigenvalue weighted by molar-refractivity contribution is 5.97. The maximum Gasteiger partial charge on any atom is 0.255 e. The first-order valence-corrected chi connectivity index (χ1v) is 8.98. The van der Waals surface area contributed by atoms with Crippen LogP contribution in [0.5, 0.6) is 17.2 Å². The average molecular weight is 377 g/mol. The van der Waals surface area contributed by atoms with E-state index in [-0.39, 0.29) is 12.0 Å². The number of carbonyl (C=O) groups is 1. The monoisotopic (exact) mass is 377 g/mol. The topological polar surface area (TPSA) is 56.8 Å². The molecule has 28 heavy (non-hydrogen) atoms. The molecule has 1 atom stereocenters. The highest BCUT2D eigenvalue weighted by atomic mass is 16.5. The molecule has 0 saturated carbocycles. The van der Waals surface area contributed by atoms with E-state index in [2.05, 4.69) is 5.32 Å². The molecule has 3 aromatic rings. The molecular formula is C23H23NO4. The van der Waals surface area contributed by atoms with E-state index >= 15 is 0 Å². The summed E-state index contributed by atoms with van der Waals surface area (Å²) in [7, 11) is 3.22. The van der Waals surface area contributed by atoms with Gasteiger partial charge < -0.3 is 19.5 Å². The quantitative estimate of drug-likeness (QED) is 0.623. The van der Waals surface area contributed by atoms with Gasteiger partial charge in [0.05, 0.1) is 12.7 Å². The second-order valence-corrected chi connectivity index (χ2v) is 6.09. The van der Waals surface area contributed by atoms with Crippen molar-refractivity contribution in [2.75, 3.05) is 20.8 Å². The molecule has 1 unspecified atom stereocenters. The summed E-state index contributed by atoms with van der Waals surface area (Å²) in [6.07, 6.45) is -0.331. The SMILES string of the molecule is COc1ccccc1C(CNC(=O)c1ccccc1Oc1ccccc1)OC. The minimum absolute atomic E-state index is 0.233. The van der Waals surface area contributed by atoms with Crippen molar-refractivity contribution in [1.82, 2.24) is 5.32 Å². The summed E-state index contributed by atoms with van der Waals surface area (Å²) in [6.45, 7) is 0.301. The third-order valence-corrected chi connectivity index (χ3v) is 4.32. The summed E-state index contributed by atoms with van der Waals surface area (Å²) in [6, 6.07) is 24.1. The van der Waals surface area contributed by atoms with E-state index < -0.39 is 0 Å². The van der Waals surface area contributed by atoms with Gasteiger partial charge in [-0.15, -0.1) is 0 Å². The molecule has 0 aliphatic rings. The lowest BCUT2D eigenvalue weighted by atomic mass is 10.1. The van der Waals surface area contributed by atoms with Gasteiger partial charge in [0, 0.05) is 19.2 Å². The van der Waals surface area contributed by atoms with Crippen molar-refractivity contribution in [1.29, 1.82) is 0 Å². The number of ether oxygens (including phenoxy) is 3.